The highest BCUT2D eigenvalue weighted by atomic mass is 19.4. The van der Waals surface area contributed by atoms with Gasteiger partial charge in [0, 0.05) is 6.54 Å². The van der Waals surface area contributed by atoms with E-state index in [0.717, 1.165) is 6.07 Å². The van der Waals surface area contributed by atoms with Crippen molar-refractivity contribution < 1.29 is 18.3 Å². The van der Waals surface area contributed by atoms with Crippen molar-refractivity contribution in [3.05, 3.63) is 34.9 Å². The Bertz CT molecular complexity index is 322. The number of rotatable bonds is 2. The lowest BCUT2D eigenvalue weighted by molar-refractivity contribution is -0.138. The first kappa shape index (κ1) is 11.0. The zero-order valence-electron chi connectivity index (χ0n) is 7.30. The zero-order valence-corrected chi connectivity index (χ0v) is 7.30. The normalized spacial score (nSPS) is 11.8. The average molecular weight is 205 g/mol. The summed E-state index contributed by atoms with van der Waals surface area (Å²) in [4.78, 5) is 0. The van der Waals surface area contributed by atoms with E-state index in [-0.39, 0.29) is 12.1 Å². The van der Waals surface area contributed by atoms with Crippen LogP contribution in [-0.4, -0.2) is 5.11 Å². The molecule has 0 amide bonds. The molecule has 14 heavy (non-hydrogen) atoms. The van der Waals surface area contributed by atoms with E-state index in [9.17, 15) is 13.2 Å². The monoisotopic (exact) mass is 205 g/mol. The summed E-state index contributed by atoms with van der Waals surface area (Å²) in [6.07, 6.45) is -4.44. The molecular weight excluding hydrogens is 195 g/mol. The largest absolute Gasteiger partial charge is 0.416 e. The van der Waals surface area contributed by atoms with Gasteiger partial charge in [-0.15, -0.1) is 0 Å². The molecule has 0 aliphatic carbocycles. The summed E-state index contributed by atoms with van der Waals surface area (Å²) in [7, 11) is 0. The maximum absolute atomic E-state index is 12.4. The van der Waals surface area contributed by atoms with Gasteiger partial charge >= 0.3 is 6.18 Å². The summed E-state index contributed by atoms with van der Waals surface area (Å²) in [5, 5.41) is 8.84. The van der Waals surface area contributed by atoms with Crippen molar-refractivity contribution in [1.82, 2.24) is 0 Å². The molecule has 0 fully saturated rings. The number of nitrogens with two attached hydrogens (primary N) is 1. The van der Waals surface area contributed by atoms with Gasteiger partial charge in [0.15, 0.2) is 0 Å². The smallest absolute Gasteiger partial charge is 0.392 e. The van der Waals surface area contributed by atoms with Crippen molar-refractivity contribution in [1.29, 1.82) is 0 Å². The number of aliphatic hydroxyl groups is 1. The Balaban J connectivity index is 3.29. The van der Waals surface area contributed by atoms with Gasteiger partial charge in [-0.05, 0) is 17.2 Å². The van der Waals surface area contributed by atoms with Crippen LogP contribution in [0.25, 0.3) is 0 Å². The van der Waals surface area contributed by atoms with E-state index in [4.69, 9.17) is 10.8 Å². The van der Waals surface area contributed by atoms with Crippen molar-refractivity contribution in [2.24, 2.45) is 5.73 Å². The third-order valence-electron chi connectivity index (χ3n) is 1.96. The predicted octanol–water partition coefficient (Wildman–Crippen LogP) is 1.66. The summed E-state index contributed by atoms with van der Waals surface area (Å²) in [6.45, 7) is -0.665. The highest BCUT2D eigenvalue weighted by molar-refractivity contribution is 5.36. The fourth-order valence-corrected chi connectivity index (χ4v) is 1.28. The quantitative estimate of drug-likeness (QED) is 0.771. The van der Waals surface area contributed by atoms with Gasteiger partial charge in [-0.3, -0.25) is 0 Å². The third kappa shape index (κ3) is 2.05. The Labute approximate surface area is 79.2 Å². The Hall–Kier alpha value is -1.07. The van der Waals surface area contributed by atoms with E-state index in [0.29, 0.717) is 5.56 Å². The van der Waals surface area contributed by atoms with Crippen LogP contribution < -0.4 is 5.73 Å². The molecule has 0 bridgehead atoms. The molecule has 78 valence electrons. The molecule has 0 aromatic heterocycles. The van der Waals surface area contributed by atoms with Crippen LogP contribution >= 0.6 is 0 Å². The van der Waals surface area contributed by atoms with Crippen LogP contribution in [0.2, 0.25) is 0 Å². The van der Waals surface area contributed by atoms with Crippen LogP contribution in [0, 0.1) is 0 Å². The minimum absolute atomic E-state index is 0.0141. The van der Waals surface area contributed by atoms with Crippen molar-refractivity contribution in [2.75, 3.05) is 0 Å². The molecule has 2 nitrogen and oxygen atoms in total. The molecule has 0 saturated heterocycles. The van der Waals surface area contributed by atoms with Crippen LogP contribution in [-0.2, 0) is 19.3 Å². The minimum atomic E-state index is -4.44. The number of hydrogen-bond donors (Lipinski definition) is 2. The van der Waals surface area contributed by atoms with Crippen LogP contribution in [0.1, 0.15) is 16.7 Å². The lowest BCUT2D eigenvalue weighted by atomic mass is 10.0. The summed E-state index contributed by atoms with van der Waals surface area (Å²) >= 11 is 0. The van der Waals surface area contributed by atoms with Crippen molar-refractivity contribution >= 4 is 0 Å². The fraction of sp³-hybridized carbons (Fsp3) is 0.333. The van der Waals surface area contributed by atoms with Crippen molar-refractivity contribution in [3.63, 3.8) is 0 Å². The van der Waals surface area contributed by atoms with Gasteiger partial charge in [-0.2, -0.15) is 13.2 Å². The molecule has 1 aromatic rings. The van der Waals surface area contributed by atoms with Gasteiger partial charge < -0.3 is 10.8 Å². The van der Waals surface area contributed by atoms with E-state index in [1.165, 1.54) is 12.1 Å². The molecule has 0 heterocycles. The fourth-order valence-electron chi connectivity index (χ4n) is 1.28. The van der Waals surface area contributed by atoms with E-state index in [1.807, 2.05) is 0 Å². The summed E-state index contributed by atoms with van der Waals surface area (Å²) in [5.74, 6) is 0. The predicted molar refractivity (Wildman–Crippen MR) is 45.3 cm³/mol. The van der Waals surface area contributed by atoms with E-state index in [2.05, 4.69) is 0 Å². The first-order valence-electron chi connectivity index (χ1n) is 3.99. The standard InChI is InChI=1S/C9H10F3NO/c10-9(11,12)8-3-1-2-6(4-13)7(8)5-14/h1-3,14H,4-5,13H2. The number of aliphatic hydroxyl groups excluding tert-OH is 1. The molecule has 0 atom stereocenters. The van der Waals surface area contributed by atoms with E-state index < -0.39 is 18.3 Å². The minimum Gasteiger partial charge on any atom is -0.392 e. The van der Waals surface area contributed by atoms with E-state index in [1.54, 1.807) is 0 Å². The van der Waals surface area contributed by atoms with Gasteiger partial charge in [-0.1, -0.05) is 12.1 Å². The summed E-state index contributed by atoms with van der Waals surface area (Å²) in [5.41, 5.74) is 4.63. The molecule has 1 rings (SSSR count). The topological polar surface area (TPSA) is 46.2 Å². The van der Waals surface area contributed by atoms with Crippen molar-refractivity contribution in [2.45, 2.75) is 19.3 Å². The van der Waals surface area contributed by atoms with Gasteiger partial charge in [-0.25, -0.2) is 0 Å². The van der Waals surface area contributed by atoms with E-state index >= 15 is 0 Å². The Morgan fingerprint density at radius 2 is 1.93 bits per heavy atom. The molecule has 0 saturated carbocycles. The first-order chi connectivity index (χ1) is 6.50. The SMILES string of the molecule is NCc1cccc(C(F)(F)F)c1CO. The first-order valence-corrected chi connectivity index (χ1v) is 3.99. The number of halogens is 3. The van der Waals surface area contributed by atoms with Gasteiger partial charge in [0.05, 0.1) is 12.2 Å². The molecule has 3 N–H and O–H groups in total. The summed E-state index contributed by atoms with van der Waals surface area (Å²) in [6, 6.07) is 3.69. The Morgan fingerprint density at radius 3 is 2.36 bits per heavy atom. The second-order valence-electron chi connectivity index (χ2n) is 2.80. The maximum atomic E-state index is 12.4. The van der Waals surface area contributed by atoms with Gasteiger partial charge in [0.25, 0.3) is 0 Å². The number of alkyl halides is 3. The molecule has 0 radical (unpaired) electrons. The molecule has 0 unspecified atom stereocenters. The van der Waals surface area contributed by atoms with Crippen molar-refractivity contribution in [3.8, 4) is 0 Å². The number of hydrogen-bond acceptors (Lipinski definition) is 2. The second-order valence-corrected chi connectivity index (χ2v) is 2.80. The summed E-state index contributed by atoms with van der Waals surface area (Å²) < 4.78 is 37.2. The zero-order chi connectivity index (χ0) is 10.8. The van der Waals surface area contributed by atoms with Crippen LogP contribution in [0.4, 0.5) is 13.2 Å². The second kappa shape index (κ2) is 3.98. The maximum Gasteiger partial charge on any atom is 0.416 e. The molecule has 1 aromatic carbocycles. The lowest BCUT2D eigenvalue weighted by Gasteiger charge is -2.14. The van der Waals surface area contributed by atoms with Gasteiger partial charge in [0.2, 0.25) is 0 Å². The van der Waals surface area contributed by atoms with Crippen LogP contribution in [0.5, 0.6) is 0 Å². The molecule has 0 aliphatic heterocycles. The third-order valence-corrected chi connectivity index (χ3v) is 1.96. The average Bonchev–Trinajstić information content (AvgIpc) is 2.15. The van der Waals surface area contributed by atoms with Crippen LogP contribution in [0.3, 0.4) is 0 Å². The Kier molecular flexibility index (Phi) is 3.13. The molecule has 5 heteroatoms. The molecule has 0 aliphatic rings. The highest BCUT2D eigenvalue weighted by Crippen LogP contribution is 2.33. The Morgan fingerprint density at radius 1 is 1.29 bits per heavy atom. The van der Waals surface area contributed by atoms with Gasteiger partial charge in [0.1, 0.15) is 0 Å². The lowest BCUT2D eigenvalue weighted by Crippen LogP contribution is -2.12. The highest BCUT2D eigenvalue weighted by Gasteiger charge is 2.33. The molecule has 0 spiro atoms. The van der Waals surface area contributed by atoms with Crippen LogP contribution in [0.15, 0.2) is 18.2 Å². The number of benzene rings is 1. The molecular formula is C9H10F3NO.